The number of carboxylic acid groups (broad SMARTS) is 1. The van der Waals surface area contributed by atoms with Crippen LogP contribution in [0.15, 0.2) is 57.4 Å². The van der Waals surface area contributed by atoms with Gasteiger partial charge in [0.1, 0.15) is 11.5 Å². The number of carbonyl (C=O) groups excluding carboxylic acids is 1. The lowest BCUT2D eigenvalue weighted by molar-refractivity contribution is -0.272. The first-order valence-electron chi connectivity index (χ1n) is 19.2. The summed E-state index contributed by atoms with van der Waals surface area (Å²) in [7, 11) is 1.34. The van der Waals surface area contributed by atoms with Crippen molar-refractivity contribution < 1.29 is 47.2 Å². The Bertz CT molecular complexity index is 1830. The average molecular weight is 761 g/mol. The third-order valence-corrected chi connectivity index (χ3v) is 10.3. The lowest BCUT2D eigenvalue weighted by Crippen LogP contribution is -2.48. The van der Waals surface area contributed by atoms with Crippen molar-refractivity contribution in [3.63, 3.8) is 0 Å². The van der Waals surface area contributed by atoms with Gasteiger partial charge in [-0.2, -0.15) is 0 Å². The topological polar surface area (TPSA) is 153 Å². The first-order valence-corrected chi connectivity index (χ1v) is 19.2. The van der Waals surface area contributed by atoms with Gasteiger partial charge in [0, 0.05) is 36.8 Å². The first-order chi connectivity index (χ1) is 26.3. The number of aromatic nitrogens is 2. The number of methoxy groups -OCH3 is 1. The van der Waals surface area contributed by atoms with Crippen LogP contribution in [0.1, 0.15) is 86.4 Å². The lowest BCUT2D eigenvalue weighted by atomic mass is 10.0. The monoisotopic (exact) mass is 760 g/mol. The Morgan fingerprint density at radius 1 is 0.655 bits per heavy atom. The van der Waals surface area contributed by atoms with Crippen LogP contribution in [0.2, 0.25) is 0 Å². The fourth-order valence-corrected chi connectivity index (χ4v) is 6.46. The molecule has 6 rings (SSSR count). The van der Waals surface area contributed by atoms with E-state index in [0.717, 1.165) is 85.4 Å². The van der Waals surface area contributed by atoms with Crippen molar-refractivity contribution >= 4 is 11.9 Å². The zero-order valence-corrected chi connectivity index (χ0v) is 33.3. The Morgan fingerprint density at radius 3 is 1.40 bits per heavy atom. The maximum Gasteiger partial charge on any atom is 0.366 e. The predicted octanol–water partition coefficient (Wildman–Crippen LogP) is 8.36. The molecule has 0 radical (unpaired) electrons. The van der Waals surface area contributed by atoms with Crippen LogP contribution in [0.5, 0.6) is 0 Å². The Kier molecular flexibility index (Phi) is 14.4. The summed E-state index contributed by atoms with van der Waals surface area (Å²) in [4.78, 5) is 32.1. The van der Waals surface area contributed by atoms with E-state index >= 15 is 0 Å². The first kappa shape index (κ1) is 41.8. The summed E-state index contributed by atoms with van der Waals surface area (Å²) < 4.78 is 38.4. The summed E-state index contributed by atoms with van der Waals surface area (Å²) in [6.45, 7) is 12.9. The maximum absolute atomic E-state index is 11.7. The van der Waals surface area contributed by atoms with E-state index in [1.807, 2.05) is 38.1 Å². The second kappa shape index (κ2) is 19.0. The molecule has 4 heterocycles. The predicted molar refractivity (Wildman–Crippen MR) is 205 cm³/mol. The van der Waals surface area contributed by atoms with Crippen LogP contribution >= 0.6 is 0 Å². The van der Waals surface area contributed by atoms with Crippen LogP contribution in [0.3, 0.4) is 0 Å². The highest BCUT2D eigenvalue weighted by atomic mass is 16.7. The van der Waals surface area contributed by atoms with Gasteiger partial charge < -0.3 is 37.6 Å². The van der Waals surface area contributed by atoms with E-state index in [9.17, 15) is 9.59 Å². The van der Waals surface area contributed by atoms with Gasteiger partial charge in [0.2, 0.25) is 11.8 Å². The van der Waals surface area contributed by atoms with Crippen molar-refractivity contribution in [2.75, 3.05) is 33.5 Å². The minimum Gasteiger partial charge on any atom is -0.477 e. The van der Waals surface area contributed by atoms with Crippen molar-refractivity contribution in [1.82, 2.24) is 9.97 Å². The Morgan fingerprint density at radius 2 is 1.04 bits per heavy atom. The molecule has 1 N–H and O–H groups in total. The number of esters is 1. The van der Waals surface area contributed by atoms with Crippen LogP contribution in [0.25, 0.3) is 22.9 Å². The van der Waals surface area contributed by atoms with E-state index in [2.05, 4.69) is 48.1 Å². The van der Waals surface area contributed by atoms with Gasteiger partial charge in [0.25, 0.3) is 11.6 Å². The molecular weight excluding hydrogens is 704 g/mol. The average Bonchev–Trinajstić information content (AvgIpc) is 3.74. The SMILES string of the molecule is COC(=O)C1(C)OCC(CCCCc2nc(-c3ccc(C)cc3)oc2C)CO1.Cc1ccc(-c2nc(CCCCC3COC(C)(C(=O)O)OC3)c(C)o2)cc1. The Hall–Kier alpha value is -4.36. The van der Waals surface area contributed by atoms with Crippen molar-refractivity contribution in [3.8, 4) is 22.9 Å². The molecule has 2 saturated heterocycles. The third kappa shape index (κ3) is 11.3. The van der Waals surface area contributed by atoms with E-state index in [-0.39, 0.29) is 5.92 Å². The number of hydrogen-bond acceptors (Lipinski definition) is 11. The molecule has 0 aliphatic carbocycles. The van der Waals surface area contributed by atoms with E-state index in [0.29, 0.717) is 44.1 Å². The number of carboxylic acids is 1. The molecule has 0 saturated carbocycles. The minimum atomic E-state index is -1.50. The van der Waals surface area contributed by atoms with Crippen molar-refractivity contribution in [3.05, 3.63) is 82.6 Å². The van der Waals surface area contributed by atoms with Gasteiger partial charge in [-0.15, -0.1) is 0 Å². The molecular formula is C43H56N2O10. The van der Waals surface area contributed by atoms with Gasteiger partial charge in [0.05, 0.1) is 44.9 Å². The number of ether oxygens (including phenoxy) is 5. The maximum atomic E-state index is 11.7. The molecule has 0 atom stereocenters. The van der Waals surface area contributed by atoms with Gasteiger partial charge in [-0.1, -0.05) is 48.2 Å². The van der Waals surface area contributed by atoms with Crippen LogP contribution in [-0.2, 0) is 46.1 Å². The number of rotatable bonds is 14. The molecule has 4 aromatic rings. The quantitative estimate of drug-likeness (QED) is 0.0971. The molecule has 0 bridgehead atoms. The second-order valence-corrected chi connectivity index (χ2v) is 14.9. The number of nitrogens with zero attached hydrogens (tertiary/aromatic N) is 2. The minimum absolute atomic E-state index is 0.235. The summed E-state index contributed by atoms with van der Waals surface area (Å²) in [5.41, 5.74) is 6.44. The summed E-state index contributed by atoms with van der Waals surface area (Å²) in [5, 5.41) is 9.08. The fourth-order valence-electron chi connectivity index (χ4n) is 6.46. The van der Waals surface area contributed by atoms with E-state index < -0.39 is 23.5 Å². The summed E-state index contributed by atoms with van der Waals surface area (Å²) in [6.07, 6.45) is 7.74. The standard InChI is InChI=1S/C22H29NO5.C21H27NO5/c1-15-9-11-18(12-10-15)20-23-19(16(2)28-20)8-6-5-7-17-13-26-22(3,27-14-17)21(24)25-4;1-14-8-10-17(11-9-14)19-22-18(15(2)27-19)7-5-4-6-16-12-25-21(3,20(23)24)26-13-16/h9-12,17H,5-8,13-14H2,1-4H3;8-11,16H,4-7,12-13H2,1-3H3,(H,23,24). The molecule has 55 heavy (non-hydrogen) atoms. The lowest BCUT2D eigenvalue weighted by Gasteiger charge is -2.35. The van der Waals surface area contributed by atoms with Crippen LogP contribution in [-0.4, -0.2) is 72.1 Å². The molecule has 0 amide bonds. The molecule has 0 unspecified atom stereocenters. The number of unbranched alkanes of at least 4 members (excludes halogenated alkanes) is 2. The zero-order chi connectivity index (χ0) is 39.6. The molecule has 2 aliphatic rings. The van der Waals surface area contributed by atoms with E-state index in [4.69, 9.17) is 37.6 Å². The third-order valence-electron chi connectivity index (χ3n) is 10.3. The summed E-state index contributed by atoms with van der Waals surface area (Å²) in [6, 6.07) is 16.4. The highest BCUT2D eigenvalue weighted by Gasteiger charge is 2.42. The molecule has 0 spiro atoms. The van der Waals surface area contributed by atoms with Gasteiger partial charge in [-0.3, -0.25) is 0 Å². The molecule has 298 valence electrons. The van der Waals surface area contributed by atoms with Crippen molar-refractivity contribution in [2.45, 2.75) is 104 Å². The van der Waals surface area contributed by atoms with Crippen LogP contribution in [0, 0.1) is 39.5 Å². The number of benzene rings is 2. The highest BCUT2D eigenvalue weighted by molar-refractivity contribution is 5.77. The largest absolute Gasteiger partial charge is 0.477 e. The van der Waals surface area contributed by atoms with Gasteiger partial charge in [0.15, 0.2) is 0 Å². The second-order valence-electron chi connectivity index (χ2n) is 14.9. The number of aryl methyl sites for hydroxylation is 6. The fraction of sp³-hybridized carbons (Fsp3) is 0.535. The molecule has 2 fully saturated rings. The summed E-state index contributed by atoms with van der Waals surface area (Å²) in [5.74, 6) is -0.702. The molecule has 12 nitrogen and oxygen atoms in total. The number of aliphatic carboxylic acids is 1. The van der Waals surface area contributed by atoms with E-state index in [1.165, 1.54) is 25.2 Å². The van der Waals surface area contributed by atoms with Gasteiger partial charge in [-0.25, -0.2) is 19.6 Å². The van der Waals surface area contributed by atoms with E-state index in [1.54, 1.807) is 6.92 Å². The van der Waals surface area contributed by atoms with Crippen molar-refractivity contribution in [1.29, 1.82) is 0 Å². The smallest absolute Gasteiger partial charge is 0.366 e. The zero-order valence-electron chi connectivity index (χ0n) is 33.3. The Labute approximate surface area is 323 Å². The van der Waals surface area contributed by atoms with Gasteiger partial charge >= 0.3 is 11.9 Å². The molecule has 12 heteroatoms. The molecule has 2 aliphatic heterocycles. The normalized spacial score (nSPS) is 22.5. The summed E-state index contributed by atoms with van der Waals surface area (Å²) >= 11 is 0. The van der Waals surface area contributed by atoms with Gasteiger partial charge in [-0.05, 0) is 90.5 Å². The van der Waals surface area contributed by atoms with Crippen LogP contribution in [0.4, 0.5) is 0 Å². The number of hydrogen-bond donors (Lipinski definition) is 1. The Balaban J connectivity index is 0.000000211. The molecule has 2 aromatic heterocycles. The number of oxazole rings is 2. The highest BCUT2D eigenvalue weighted by Crippen LogP contribution is 2.28. The van der Waals surface area contributed by atoms with Crippen LogP contribution < -0.4 is 0 Å². The number of carbonyl (C=O) groups is 2. The van der Waals surface area contributed by atoms with Crippen molar-refractivity contribution in [2.24, 2.45) is 11.8 Å². The molecule has 2 aromatic carbocycles.